The molecule has 1 aliphatic carbocycles. The number of thiophene rings is 1. The normalized spacial score (nSPS) is 13.3. The molecule has 0 aromatic carbocycles. The van der Waals surface area contributed by atoms with E-state index in [2.05, 4.69) is 5.32 Å². The summed E-state index contributed by atoms with van der Waals surface area (Å²) in [5, 5.41) is 15.5. The molecular formula is C19H22N2O4S2. The molecule has 0 radical (unpaired) electrons. The molecule has 0 aliphatic heterocycles. The number of anilines is 1. The van der Waals surface area contributed by atoms with Gasteiger partial charge in [-0.1, -0.05) is 0 Å². The second kappa shape index (κ2) is 8.75. The summed E-state index contributed by atoms with van der Waals surface area (Å²) in [5.74, 6) is -0.540. The number of aryl methyl sites for hydroxylation is 1. The van der Waals surface area contributed by atoms with Gasteiger partial charge in [0.2, 0.25) is 5.91 Å². The van der Waals surface area contributed by atoms with E-state index in [4.69, 9.17) is 4.74 Å². The zero-order valence-electron chi connectivity index (χ0n) is 15.3. The number of hydrogen-bond donors (Lipinski definition) is 1. The van der Waals surface area contributed by atoms with Crippen LogP contribution in [-0.4, -0.2) is 23.7 Å². The number of amides is 1. The Morgan fingerprint density at radius 1 is 1.33 bits per heavy atom. The van der Waals surface area contributed by atoms with Crippen LogP contribution in [0.2, 0.25) is 0 Å². The first-order valence-electron chi connectivity index (χ1n) is 8.92. The van der Waals surface area contributed by atoms with Crippen LogP contribution in [0.15, 0.2) is 29.4 Å². The highest BCUT2D eigenvalue weighted by atomic mass is 32.2. The van der Waals surface area contributed by atoms with E-state index in [-0.39, 0.29) is 23.7 Å². The Morgan fingerprint density at radius 2 is 2.11 bits per heavy atom. The number of ether oxygens (including phenoxy) is 1. The van der Waals surface area contributed by atoms with Crippen LogP contribution in [0.25, 0.3) is 0 Å². The fraction of sp³-hybridized carbons (Fsp3) is 0.421. The van der Waals surface area contributed by atoms with Crippen LogP contribution >= 0.6 is 23.1 Å². The van der Waals surface area contributed by atoms with Crippen LogP contribution in [0.3, 0.4) is 0 Å². The second-order valence-corrected chi connectivity index (χ2v) is 8.67. The number of esters is 1. The first kappa shape index (κ1) is 19.7. The summed E-state index contributed by atoms with van der Waals surface area (Å²) in [6.45, 7) is 3.62. The quantitative estimate of drug-likeness (QED) is 0.343. The SMILES string of the molecule is CC(C)OC(=O)c1c(NC(=O)CSc2cccc[n+]2[O-])sc2c1CCCC2. The van der Waals surface area contributed by atoms with Gasteiger partial charge in [-0.2, -0.15) is 4.73 Å². The molecule has 2 aromatic heterocycles. The number of fused-ring (bicyclic) bond motifs is 1. The van der Waals surface area contributed by atoms with Crippen molar-refractivity contribution < 1.29 is 19.1 Å². The number of pyridine rings is 1. The average molecular weight is 407 g/mol. The zero-order chi connectivity index (χ0) is 19.4. The number of nitrogens with zero attached hydrogens (tertiary/aromatic N) is 1. The maximum atomic E-state index is 12.6. The van der Waals surface area contributed by atoms with Crippen molar-refractivity contribution in [3.8, 4) is 0 Å². The molecule has 0 unspecified atom stereocenters. The number of carbonyl (C=O) groups is 2. The van der Waals surface area contributed by atoms with Crippen LogP contribution in [-0.2, 0) is 22.4 Å². The van der Waals surface area contributed by atoms with Crippen LogP contribution in [0, 0.1) is 5.21 Å². The summed E-state index contributed by atoms with van der Waals surface area (Å²) in [6.07, 6.45) is 5.06. The fourth-order valence-corrected chi connectivity index (χ4v) is 4.98. The van der Waals surface area contributed by atoms with E-state index in [1.807, 2.05) is 13.8 Å². The van der Waals surface area contributed by atoms with Gasteiger partial charge in [0.25, 0.3) is 5.03 Å². The van der Waals surface area contributed by atoms with Crippen molar-refractivity contribution >= 4 is 40.0 Å². The summed E-state index contributed by atoms with van der Waals surface area (Å²) in [7, 11) is 0. The van der Waals surface area contributed by atoms with Crippen LogP contribution in [0.1, 0.15) is 47.5 Å². The maximum absolute atomic E-state index is 12.6. The van der Waals surface area contributed by atoms with Crippen molar-refractivity contribution in [1.82, 2.24) is 0 Å². The molecule has 27 heavy (non-hydrogen) atoms. The molecule has 0 spiro atoms. The molecule has 0 atom stereocenters. The van der Waals surface area contributed by atoms with E-state index in [1.54, 1.807) is 18.2 Å². The minimum atomic E-state index is -0.382. The summed E-state index contributed by atoms with van der Waals surface area (Å²) >= 11 is 2.62. The molecule has 8 heteroatoms. The summed E-state index contributed by atoms with van der Waals surface area (Å²) in [5.41, 5.74) is 1.51. The minimum Gasteiger partial charge on any atom is -0.618 e. The van der Waals surface area contributed by atoms with Gasteiger partial charge < -0.3 is 15.3 Å². The van der Waals surface area contributed by atoms with E-state index in [0.29, 0.717) is 15.6 Å². The van der Waals surface area contributed by atoms with Crippen LogP contribution in [0.5, 0.6) is 0 Å². The third-order valence-electron chi connectivity index (χ3n) is 4.11. The molecule has 1 aliphatic rings. The molecule has 6 nitrogen and oxygen atoms in total. The predicted molar refractivity (Wildman–Crippen MR) is 106 cm³/mol. The van der Waals surface area contributed by atoms with E-state index < -0.39 is 0 Å². The minimum absolute atomic E-state index is 0.0908. The lowest BCUT2D eigenvalue weighted by Gasteiger charge is -2.14. The third kappa shape index (κ3) is 4.81. The second-order valence-electron chi connectivity index (χ2n) is 6.57. The van der Waals surface area contributed by atoms with Gasteiger partial charge in [-0.05, 0) is 62.9 Å². The lowest BCUT2D eigenvalue weighted by atomic mass is 9.95. The van der Waals surface area contributed by atoms with Gasteiger partial charge in [0.05, 0.1) is 17.4 Å². The highest BCUT2D eigenvalue weighted by Crippen LogP contribution is 2.38. The third-order valence-corrected chi connectivity index (χ3v) is 6.34. The lowest BCUT2D eigenvalue weighted by molar-refractivity contribution is -0.645. The highest BCUT2D eigenvalue weighted by Gasteiger charge is 2.28. The van der Waals surface area contributed by atoms with Crippen molar-refractivity contribution in [1.29, 1.82) is 0 Å². The van der Waals surface area contributed by atoms with E-state index in [1.165, 1.54) is 17.5 Å². The fourth-order valence-electron chi connectivity index (χ4n) is 2.97. The van der Waals surface area contributed by atoms with Gasteiger partial charge in [-0.15, -0.1) is 11.3 Å². The Kier molecular flexibility index (Phi) is 6.38. The van der Waals surface area contributed by atoms with Crippen LogP contribution < -0.4 is 10.0 Å². The molecule has 1 N–H and O–H groups in total. The first-order valence-corrected chi connectivity index (χ1v) is 10.7. The molecule has 0 fully saturated rings. The standard InChI is InChI=1S/C19H22N2O4S2/c1-12(2)25-19(23)17-13-7-3-4-8-14(13)27-18(17)20-15(22)11-26-16-9-5-6-10-21(16)24/h5-6,9-10,12H,3-4,7-8,11H2,1-2H3,(H,20,22). The molecular weight excluding hydrogens is 384 g/mol. The molecule has 0 saturated carbocycles. The van der Waals surface area contributed by atoms with Gasteiger partial charge in [-0.3, -0.25) is 4.79 Å². The molecule has 144 valence electrons. The van der Waals surface area contributed by atoms with Crippen molar-refractivity contribution in [3.05, 3.63) is 45.6 Å². The van der Waals surface area contributed by atoms with E-state index >= 15 is 0 Å². The van der Waals surface area contributed by atoms with E-state index in [9.17, 15) is 14.8 Å². The molecule has 0 saturated heterocycles. The number of carbonyl (C=O) groups excluding carboxylic acids is 2. The van der Waals surface area contributed by atoms with Gasteiger partial charge in [0.1, 0.15) is 5.00 Å². The lowest BCUT2D eigenvalue weighted by Crippen LogP contribution is -2.28. The number of rotatable bonds is 6. The monoisotopic (exact) mass is 406 g/mol. The number of thioether (sulfide) groups is 1. The average Bonchev–Trinajstić information content (AvgIpc) is 2.98. The van der Waals surface area contributed by atoms with Gasteiger partial charge in [-0.25, -0.2) is 4.79 Å². The Hall–Kier alpha value is -2.06. The first-order chi connectivity index (χ1) is 13.0. The van der Waals surface area contributed by atoms with Crippen LogP contribution in [0.4, 0.5) is 5.00 Å². The van der Waals surface area contributed by atoms with Crippen molar-refractivity contribution in [2.24, 2.45) is 0 Å². The molecule has 1 amide bonds. The van der Waals surface area contributed by atoms with Crippen molar-refractivity contribution in [2.75, 3.05) is 11.1 Å². The van der Waals surface area contributed by atoms with Gasteiger partial charge in [0, 0.05) is 17.0 Å². The highest BCUT2D eigenvalue weighted by molar-refractivity contribution is 7.99. The number of nitrogens with one attached hydrogen (secondary N) is 1. The Labute approximate surface area is 166 Å². The molecule has 3 rings (SSSR count). The molecule has 0 bridgehead atoms. The van der Waals surface area contributed by atoms with Crippen molar-refractivity contribution in [3.63, 3.8) is 0 Å². The molecule has 2 heterocycles. The number of aromatic nitrogens is 1. The summed E-state index contributed by atoms with van der Waals surface area (Å²) in [4.78, 5) is 26.2. The Morgan fingerprint density at radius 3 is 2.85 bits per heavy atom. The van der Waals surface area contributed by atoms with Gasteiger partial charge in [0.15, 0.2) is 6.20 Å². The van der Waals surface area contributed by atoms with Gasteiger partial charge >= 0.3 is 5.97 Å². The molecule has 2 aromatic rings. The Bertz CT molecular complexity index is 848. The topological polar surface area (TPSA) is 82.3 Å². The smallest absolute Gasteiger partial charge is 0.341 e. The summed E-state index contributed by atoms with van der Waals surface area (Å²) in [6, 6.07) is 5.06. The largest absolute Gasteiger partial charge is 0.618 e. The Balaban J connectivity index is 1.75. The summed E-state index contributed by atoms with van der Waals surface area (Å²) < 4.78 is 6.12. The predicted octanol–water partition coefficient (Wildman–Crippen LogP) is 3.56. The van der Waals surface area contributed by atoms with E-state index in [0.717, 1.165) is 52.6 Å². The zero-order valence-corrected chi connectivity index (χ0v) is 17.0. The number of hydrogen-bond acceptors (Lipinski definition) is 6. The van der Waals surface area contributed by atoms with Crippen molar-refractivity contribution in [2.45, 2.75) is 50.7 Å². The maximum Gasteiger partial charge on any atom is 0.341 e.